The molecule has 0 heterocycles. The molecular weight excluding hydrogens is 262 g/mol. The highest BCUT2D eigenvalue weighted by Gasteiger charge is 2.20. The Bertz CT molecular complexity index is 495. The molecule has 0 aliphatic rings. The molecule has 3 N–H and O–H groups in total. The van der Waals surface area contributed by atoms with E-state index in [1.54, 1.807) is 0 Å². The van der Waals surface area contributed by atoms with Crippen LogP contribution < -0.4 is 5.32 Å². The Labute approximate surface area is 116 Å². The highest BCUT2D eigenvalue weighted by Crippen LogP contribution is 2.07. The van der Waals surface area contributed by atoms with Crippen molar-refractivity contribution in [2.24, 2.45) is 0 Å². The van der Waals surface area contributed by atoms with Crippen molar-refractivity contribution in [1.82, 2.24) is 5.32 Å². The molecule has 0 radical (unpaired) electrons. The van der Waals surface area contributed by atoms with Crippen LogP contribution in [0.25, 0.3) is 0 Å². The number of carboxylic acid groups (broad SMARTS) is 2. The van der Waals surface area contributed by atoms with E-state index in [1.165, 1.54) is 24.3 Å². The molecule has 0 saturated carbocycles. The summed E-state index contributed by atoms with van der Waals surface area (Å²) >= 11 is 0. The van der Waals surface area contributed by atoms with Crippen LogP contribution in [0.5, 0.6) is 0 Å². The smallest absolute Gasteiger partial charge is 0.335 e. The fraction of sp³-hybridized carbons (Fsp3) is 0.357. The summed E-state index contributed by atoms with van der Waals surface area (Å²) in [6.45, 7) is 1.94. The van der Waals surface area contributed by atoms with Gasteiger partial charge in [-0.3, -0.25) is 4.79 Å². The maximum Gasteiger partial charge on any atom is 0.335 e. The molecule has 0 fully saturated rings. The van der Waals surface area contributed by atoms with Crippen molar-refractivity contribution < 1.29 is 24.6 Å². The number of hydrogen-bond donors (Lipinski definition) is 3. The molecule has 20 heavy (non-hydrogen) atoms. The number of rotatable bonds is 7. The molecule has 1 atom stereocenters. The van der Waals surface area contributed by atoms with E-state index in [4.69, 9.17) is 10.2 Å². The molecule has 0 aliphatic heterocycles. The van der Waals surface area contributed by atoms with Crippen LogP contribution in [0.3, 0.4) is 0 Å². The first-order valence-corrected chi connectivity index (χ1v) is 6.32. The van der Waals surface area contributed by atoms with Gasteiger partial charge in [-0.15, -0.1) is 0 Å². The van der Waals surface area contributed by atoms with Gasteiger partial charge in [0.1, 0.15) is 6.04 Å². The van der Waals surface area contributed by atoms with Crippen LogP contribution in [-0.4, -0.2) is 34.1 Å². The Kier molecular flexibility index (Phi) is 5.71. The lowest BCUT2D eigenvalue weighted by Crippen LogP contribution is -2.40. The molecule has 0 saturated heterocycles. The number of hydrogen-bond acceptors (Lipinski definition) is 3. The summed E-state index contributed by atoms with van der Waals surface area (Å²) in [7, 11) is 0. The number of unbranched alkanes of at least 4 members (excludes halogenated alkanes) is 1. The third-order valence-corrected chi connectivity index (χ3v) is 2.84. The summed E-state index contributed by atoms with van der Waals surface area (Å²) < 4.78 is 0. The van der Waals surface area contributed by atoms with Crippen molar-refractivity contribution in [3.05, 3.63) is 35.4 Å². The lowest BCUT2D eigenvalue weighted by Gasteiger charge is -2.14. The van der Waals surface area contributed by atoms with Crippen molar-refractivity contribution in [1.29, 1.82) is 0 Å². The second-order valence-corrected chi connectivity index (χ2v) is 4.39. The summed E-state index contributed by atoms with van der Waals surface area (Å²) in [4.78, 5) is 33.6. The SMILES string of the molecule is CCCCC(NC(=O)c1ccc(C(=O)O)cc1)C(=O)O. The molecule has 6 heteroatoms. The molecule has 1 rings (SSSR count). The van der Waals surface area contributed by atoms with Crippen molar-refractivity contribution in [3.8, 4) is 0 Å². The maximum atomic E-state index is 11.9. The van der Waals surface area contributed by atoms with E-state index in [0.717, 1.165) is 6.42 Å². The molecule has 0 aliphatic carbocycles. The minimum absolute atomic E-state index is 0.0716. The van der Waals surface area contributed by atoms with Crippen molar-refractivity contribution in [2.75, 3.05) is 0 Å². The molecule has 0 spiro atoms. The quantitative estimate of drug-likeness (QED) is 0.705. The van der Waals surface area contributed by atoms with Crippen LogP contribution in [0.2, 0.25) is 0 Å². The molecule has 0 aromatic heterocycles. The Morgan fingerprint density at radius 1 is 1.10 bits per heavy atom. The molecule has 1 aromatic carbocycles. The Balaban J connectivity index is 2.73. The number of carboxylic acids is 2. The van der Waals surface area contributed by atoms with Gasteiger partial charge in [0.25, 0.3) is 5.91 Å². The summed E-state index contributed by atoms with van der Waals surface area (Å²) in [5.74, 6) is -2.68. The highest BCUT2D eigenvalue weighted by molar-refractivity contribution is 5.97. The van der Waals surface area contributed by atoms with Crippen molar-refractivity contribution in [2.45, 2.75) is 32.2 Å². The third kappa shape index (κ3) is 4.38. The Hall–Kier alpha value is -2.37. The van der Waals surface area contributed by atoms with E-state index in [2.05, 4.69) is 5.32 Å². The van der Waals surface area contributed by atoms with Crippen molar-refractivity contribution >= 4 is 17.8 Å². The fourth-order valence-corrected chi connectivity index (χ4v) is 1.67. The summed E-state index contributed by atoms with van der Waals surface area (Å²) in [6, 6.07) is 4.40. The molecule has 6 nitrogen and oxygen atoms in total. The zero-order valence-corrected chi connectivity index (χ0v) is 11.1. The summed E-state index contributed by atoms with van der Waals surface area (Å²) in [5, 5.41) is 20.2. The van der Waals surface area contributed by atoms with Crippen LogP contribution in [0.4, 0.5) is 0 Å². The minimum atomic E-state index is -1.08. The van der Waals surface area contributed by atoms with Gasteiger partial charge in [-0.2, -0.15) is 0 Å². The monoisotopic (exact) mass is 279 g/mol. The largest absolute Gasteiger partial charge is 0.480 e. The predicted octanol–water partition coefficient (Wildman–Crippen LogP) is 1.76. The van der Waals surface area contributed by atoms with E-state index < -0.39 is 23.9 Å². The molecule has 108 valence electrons. The van der Waals surface area contributed by atoms with E-state index in [9.17, 15) is 14.4 Å². The van der Waals surface area contributed by atoms with Gasteiger partial charge < -0.3 is 15.5 Å². The van der Waals surface area contributed by atoms with Gasteiger partial charge in [0.2, 0.25) is 0 Å². The second-order valence-electron chi connectivity index (χ2n) is 4.39. The van der Waals surface area contributed by atoms with Gasteiger partial charge in [-0.25, -0.2) is 9.59 Å². The first-order valence-electron chi connectivity index (χ1n) is 6.32. The zero-order chi connectivity index (χ0) is 15.1. The second kappa shape index (κ2) is 7.28. The summed E-state index contributed by atoms with van der Waals surface area (Å²) in [5.41, 5.74) is 0.306. The van der Waals surface area contributed by atoms with Gasteiger partial charge in [0.05, 0.1) is 5.56 Å². The average molecular weight is 279 g/mol. The van der Waals surface area contributed by atoms with E-state index in [1.807, 2.05) is 6.92 Å². The van der Waals surface area contributed by atoms with Gasteiger partial charge in [-0.1, -0.05) is 19.8 Å². The lowest BCUT2D eigenvalue weighted by molar-refractivity contribution is -0.139. The van der Waals surface area contributed by atoms with Gasteiger partial charge in [0, 0.05) is 5.56 Å². The van der Waals surface area contributed by atoms with E-state index in [0.29, 0.717) is 12.8 Å². The number of aromatic carboxylic acids is 1. The van der Waals surface area contributed by atoms with Crippen LogP contribution >= 0.6 is 0 Å². The molecule has 0 bridgehead atoms. The van der Waals surface area contributed by atoms with Crippen LogP contribution in [0.1, 0.15) is 46.9 Å². The minimum Gasteiger partial charge on any atom is -0.480 e. The average Bonchev–Trinajstić information content (AvgIpc) is 2.42. The number of amides is 1. The van der Waals surface area contributed by atoms with Crippen LogP contribution in [-0.2, 0) is 4.79 Å². The van der Waals surface area contributed by atoms with Crippen LogP contribution in [0.15, 0.2) is 24.3 Å². The summed E-state index contributed by atoms with van der Waals surface area (Å²) in [6.07, 6.45) is 1.91. The van der Waals surface area contributed by atoms with Gasteiger partial charge in [0.15, 0.2) is 0 Å². The van der Waals surface area contributed by atoms with Gasteiger partial charge >= 0.3 is 11.9 Å². The number of nitrogens with one attached hydrogen (secondary N) is 1. The van der Waals surface area contributed by atoms with E-state index >= 15 is 0 Å². The normalized spacial score (nSPS) is 11.7. The number of carbonyl (C=O) groups excluding carboxylic acids is 1. The molecule has 1 aromatic rings. The number of carbonyl (C=O) groups is 3. The molecule has 1 unspecified atom stereocenters. The lowest BCUT2D eigenvalue weighted by atomic mass is 10.1. The first kappa shape index (κ1) is 15.7. The topological polar surface area (TPSA) is 104 Å². The zero-order valence-electron chi connectivity index (χ0n) is 11.1. The van der Waals surface area contributed by atoms with Crippen LogP contribution in [0, 0.1) is 0 Å². The van der Waals surface area contributed by atoms with Gasteiger partial charge in [-0.05, 0) is 30.7 Å². The molecular formula is C14H17NO5. The third-order valence-electron chi connectivity index (χ3n) is 2.84. The Morgan fingerprint density at radius 2 is 1.65 bits per heavy atom. The fourth-order valence-electron chi connectivity index (χ4n) is 1.67. The highest BCUT2D eigenvalue weighted by atomic mass is 16.4. The standard InChI is InChI=1S/C14H17NO5/c1-2-3-4-11(14(19)20)15-12(16)9-5-7-10(8-6-9)13(17)18/h5-8,11H,2-4H2,1H3,(H,15,16)(H,17,18)(H,19,20). The number of aliphatic carboxylic acids is 1. The Morgan fingerprint density at radius 3 is 2.10 bits per heavy atom. The number of benzene rings is 1. The molecule has 1 amide bonds. The van der Waals surface area contributed by atoms with Crippen molar-refractivity contribution in [3.63, 3.8) is 0 Å². The maximum absolute atomic E-state index is 11.9. The predicted molar refractivity (Wildman–Crippen MR) is 71.8 cm³/mol. The van der Waals surface area contributed by atoms with E-state index in [-0.39, 0.29) is 11.1 Å². The first-order chi connectivity index (χ1) is 9.45.